The fourth-order valence-electron chi connectivity index (χ4n) is 3.68. The molecule has 0 radical (unpaired) electrons. The molecular formula is C22H26N4O3. The number of aromatic nitrogens is 1. The fourth-order valence-corrected chi connectivity index (χ4v) is 3.68. The molecule has 3 heterocycles. The van der Waals surface area contributed by atoms with E-state index in [1.54, 1.807) is 12.1 Å². The lowest BCUT2D eigenvalue weighted by molar-refractivity contribution is -0.132. The van der Waals surface area contributed by atoms with Gasteiger partial charge in [0.25, 0.3) is 0 Å². The van der Waals surface area contributed by atoms with Crippen molar-refractivity contribution >= 4 is 17.3 Å². The number of rotatable bonds is 4. The molecule has 0 spiro atoms. The van der Waals surface area contributed by atoms with Crippen LogP contribution in [0.15, 0.2) is 48.5 Å². The molecule has 0 saturated carbocycles. The monoisotopic (exact) mass is 394 g/mol. The molecule has 152 valence electrons. The van der Waals surface area contributed by atoms with Crippen LogP contribution in [0.5, 0.6) is 11.5 Å². The molecule has 2 aromatic carbocycles. The lowest BCUT2D eigenvalue weighted by Gasteiger charge is -2.33. The molecule has 0 atom stereocenters. The first-order valence-corrected chi connectivity index (χ1v) is 9.70. The van der Waals surface area contributed by atoms with E-state index in [0.717, 1.165) is 44.1 Å². The van der Waals surface area contributed by atoms with Crippen LogP contribution in [0.25, 0.3) is 10.9 Å². The van der Waals surface area contributed by atoms with Gasteiger partial charge in [0.1, 0.15) is 0 Å². The molecule has 7 nitrogen and oxygen atoms in total. The van der Waals surface area contributed by atoms with Crippen molar-refractivity contribution in [1.82, 2.24) is 19.9 Å². The van der Waals surface area contributed by atoms with Gasteiger partial charge in [-0.2, -0.15) is 0 Å². The normalized spacial score (nSPS) is 15.0. The second-order valence-corrected chi connectivity index (χ2v) is 7.26. The molecular weight excluding hydrogens is 368 g/mol. The van der Waals surface area contributed by atoms with Gasteiger partial charge in [-0.25, -0.2) is 5.01 Å². The van der Waals surface area contributed by atoms with Crippen molar-refractivity contribution in [2.24, 2.45) is 0 Å². The van der Waals surface area contributed by atoms with Gasteiger partial charge >= 0.3 is 0 Å². The Labute approximate surface area is 170 Å². The van der Waals surface area contributed by atoms with Gasteiger partial charge in [0, 0.05) is 43.8 Å². The first-order chi connectivity index (χ1) is 14.2. The van der Waals surface area contributed by atoms with Crippen molar-refractivity contribution in [3.8, 4) is 11.5 Å². The van der Waals surface area contributed by atoms with Crippen LogP contribution in [0.2, 0.25) is 0 Å². The van der Waals surface area contributed by atoms with E-state index in [4.69, 9.17) is 9.47 Å². The zero-order valence-electron chi connectivity index (χ0n) is 16.8. The molecule has 0 fully saturated rings. The van der Waals surface area contributed by atoms with Crippen LogP contribution in [0, 0.1) is 0 Å². The molecule has 5 rings (SSSR count). The Morgan fingerprint density at radius 1 is 1.07 bits per heavy atom. The summed E-state index contributed by atoms with van der Waals surface area (Å²) in [7, 11) is 3.69. The van der Waals surface area contributed by atoms with Crippen molar-refractivity contribution in [3.05, 3.63) is 59.8 Å². The Kier molecular flexibility index (Phi) is 5.69. The Bertz CT molecular complexity index is 964. The Balaban J connectivity index is 0.000000188. The largest absolute Gasteiger partial charge is 0.454 e. The Morgan fingerprint density at radius 3 is 2.48 bits per heavy atom. The lowest BCUT2D eigenvalue weighted by atomic mass is 10.0. The summed E-state index contributed by atoms with van der Waals surface area (Å²) in [5.74, 6) is 1.69. The van der Waals surface area contributed by atoms with Gasteiger partial charge < -0.3 is 14.5 Å². The molecule has 0 saturated heterocycles. The maximum Gasteiger partial charge on any atom is 0.231 e. The van der Waals surface area contributed by atoms with Crippen molar-refractivity contribution in [2.75, 3.05) is 34.1 Å². The number of hydrogen-bond donors (Lipinski definition) is 1. The number of amides is 1. The highest BCUT2D eigenvalue weighted by Crippen LogP contribution is 2.30. The highest BCUT2D eigenvalue weighted by atomic mass is 16.7. The third-order valence-electron chi connectivity index (χ3n) is 5.34. The van der Waals surface area contributed by atoms with Crippen LogP contribution in [0.4, 0.5) is 0 Å². The van der Waals surface area contributed by atoms with Gasteiger partial charge in [0.15, 0.2) is 11.5 Å². The number of aromatic amines is 1. The molecule has 1 N–H and O–H groups in total. The standard InChI is InChI=1S/C15H20N4O.C7H6O2/c1-17(18(2)11-20)10-19-8-7-13-12-5-3-4-6-14(12)16-15(13)9-19;1-2-4-7-6(3-1)8-5-9-7/h3-6,11,16H,7-10H2,1-2H3;1-4H,5H2. The molecule has 2 aliphatic rings. The van der Waals surface area contributed by atoms with Gasteiger partial charge in [0.2, 0.25) is 13.2 Å². The van der Waals surface area contributed by atoms with Crippen LogP contribution in [-0.2, 0) is 17.8 Å². The number of H-pyrrole nitrogens is 1. The summed E-state index contributed by atoms with van der Waals surface area (Å²) in [6, 6.07) is 16.1. The smallest absolute Gasteiger partial charge is 0.231 e. The van der Waals surface area contributed by atoms with E-state index in [2.05, 4.69) is 34.1 Å². The molecule has 1 aromatic heterocycles. The average Bonchev–Trinajstić information content (AvgIpc) is 3.37. The summed E-state index contributed by atoms with van der Waals surface area (Å²) in [4.78, 5) is 16.6. The minimum atomic E-state index is 0.360. The number of hydrazine groups is 1. The first kappa shape index (κ1) is 19.3. The van der Waals surface area contributed by atoms with E-state index < -0.39 is 0 Å². The second-order valence-electron chi connectivity index (χ2n) is 7.26. The topological polar surface area (TPSA) is 61.0 Å². The van der Waals surface area contributed by atoms with Crippen LogP contribution >= 0.6 is 0 Å². The van der Waals surface area contributed by atoms with Crippen LogP contribution in [0.1, 0.15) is 11.3 Å². The molecule has 1 amide bonds. The molecule has 29 heavy (non-hydrogen) atoms. The molecule has 0 bridgehead atoms. The number of hydrogen-bond acceptors (Lipinski definition) is 5. The minimum absolute atomic E-state index is 0.360. The average molecular weight is 394 g/mol. The number of fused-ring (bicyclic) bond motifs is 4. The fraction of sp³-hybridized carbons (Fsp3) is 0.318. The lowest BCUT2D eigenvalue weighted by Crippen LogP contribution is -2.45. The van der Waals surface area contributed by atoms with Gasteiger partial charge in [-0.1, -0.05) is 30.3 Å². The summed E-state index contributed by atoms with van der Waals surface area (Å²) in [6.07, 6.45) is 1.89. The van der Waals surface area contributed by atoms with Crippen LogP contribution in [-0.4, -0.2) is 60.4 Å². The number of benzene rings is 2. The number of nitrogens with one attached hydrogen (secondary N) is 1. The summed E-state index contributed by atoms with van der Waals surface area (Å²) in [5.41, 5.74) is 3.97. The number of para-hydroxylation sites is 3. The van der Waals surface area contributed by atoms with E-state index in [1.165, 1.54) is 22.2 Å². The summed E-state index contributed by atoms with van der Waals surface area (Å²) < 4.78 is 10.2. The van der Waals surface area contributed by atoms with E-state index >= 15 is 0 Å². The van der Waals surface area contributed by atoms with Crippen molar-refractivity contribution in [3.63, 3.8) is 0 Å². The number of nitrogens with zero attached hydrogens (tertiary/aromatic N) is 3. The molecule has 3 aromatic rings. The number of carbonyl (C=O) groups is 1. The van der Waals surface area contributed by atoms with Crippen LogP contribution in [0.3, 0.4) is 0 Å². The van der Waals surface area contributed by atoms with Crippen LogP contribution < -0.4 is 9.47 Å². The highest BCUT2D eigenvalue weighted by Gasteiger charge is 2.21. The van der Waals surface area contributed by atoms with Crippen molar-refractivity contribution in [1.29, 1.82) is 0 Å². The zero-order valence-corrected chi connectivity index (χ0v) is 16.8. The van der Waals surface area contributed by atoms with Crippen molar-refractivity contribution < 1.29 is 14.3 Å². The first-order valence-electron chi connectivity index (χ1n) is 9.70. The maximum atomic E-state index is 10.8. The predicted molar refractivity (Wildman–Crippen MR) is 111 cm³/mol. The minimum Gasteiger partial charge on any atom is -0.454 e. The highest BCUT2D eigenvalue weighted by molar-refractivity contribution is 5.84. The second kappa shape index (κ2) is 8.55. The van der Waals surface area contributed by atoms with Gasteiger partial charge in [-0.15, -0.1) is 0 Å². The predicted octanol–water partition coefficient (Wildman–Crippen LogP) is 2.83. The van der Waals surface area contributed by atoms with E-state index in [-0.39, 0.29) is 0 Å². The molecule has 0 unspecified atom stereocenters. The summed E-state index contributed by atoms with van der Waals surface area (Å²) in [5, 5.41) is 4.84. The Morgan fingerprint density at radius 2 is 1.76 bits per heavy atom. The Hall–Kier alpha value is -3.03. The quantitative estimate of drug-likeness (QED) is 0.545. The molecule has 0 aliphatic carbocycles. The maximum absolute atomic E-state index is 10.8. The third kappa shape index (κ3) is 4.21. The summed E-state index contributed by atoms with van der Waals surface area (Å²) >= 11 is 0. The van der Waals surface area contributed by atoms with E-state index in [0.29, 0.717) is 6.79 Å². The zero-order chi connectivity index (χ0) is 20.2. The van der Waals surface area contributed by atoms with E-state index in [1.807, 2.05) is 36.3 Å². The van der Waals surface area contributed by atoms with Crippen molar-refractivity contribution in [2.45, 2.75) is 13.0 Å². The summed E-state index contributed by atoms with van der Waals surface area (Å²) in [6.45, 7) is 3.04. The van der Waals surface area contributed by atoms with Gasteiger partial charge in [-0.3, -0.25) is 14.7 Å². The van der Waals surface area contributed by atoms with Gasteiger partial charge in [0.05, 0.1) is 6.67 Å². The third-order valence-corrected chi connectivity index (χ3v) is 5.34. The van der Waals surface area contributed by atoms with E-state index in [9.17, 15) is 4.79 Å². The SMILES string of the molecule is CN(C=O)N(C)CN1CCc2c([nH]c3ccccc23)C1.c1ccc2c(c1)OCO2. The molecule has 2 aliphatic heterocycles. The number of ether oxygens (including phenoxy) is 2. The molecule has 7 heteroatoms. The number of carbonyl (C=O) groups excluding carboxylic acids is 1. The van der Waals surface area contributed by atoms with Gasteiger partial charge in [-0.05, 0) is 30.2 Å².